The van der Waals surface area contributed by atoms with E-state index in [-0.39, 0.29) is 29.1 Å². The Bertz CT molecular complexity index is 1380. The highest BCUT2D eigenvalue weighted by atomic mass is 32.2. The van der Waals surface area contributed by atoms with Crippen molar-refractivity contribution in [3.63, 3.8) is 0 Å². The lowest BCUT2D eigenvalue weighted by molar-refractivity contribution is -0.140. The lowest BCUT2D eigenvalue weighted by Gasteiger charge is -2.33. The second kappa shape index (κ2) is 13.4. The molecule has 0 aliphatic heterocycles. The fraction of sp³-hybridized carbons (Fsp3) is 0.333. The maximum Gasteiger partial charge on any atom is 0.264 e. The number of amides is 2. The van der Waals surface area contributed by atoms with Gasteiger partial charge in [-0.15, -0.1) is 0 Å². The van der Waals surface area contributed by atoms with Gasteiger partial charge in [0.2, 0.25) is 11.8 Å². The van der Waals surface area contributed by atoms with Crippen molar-refractivity contribution in [2.24, 2.45) is 0 Å². The van der Waals surface area contributed by atoms with E-state index >= 15 is 0 Å². The maximum absolute atomic E-state index is 15.0. The van der Waals surface area contributed by atoms with Gasteiger partial charge in [0.05, 0.1) is 10.6 Å². The molecule has 0 radical (unpaired) electrons. The molecule has 2 amide bonds. The average molecular weight is 554 g/mol. The van der Waals surface area contributed by atoms with Gasteiger partial charge in [-0.1, -0.05) is 74.0 Å². The Hall–Kier alpha value is -3.72. The highest BCUT2D eigenvalue weighted by molar-refractivity contribution is 7.92. The first-order chi connectivity index (χ1) is 18.6. The summed E-state index contributed by atoms with van der Waals surface area (Å²) < 4.78 is 43.2. The summed E-state index contributed by atoms with van der Waals surface area (Å²) in [5.74, 6) is -1.72. The number of carbonyl (C=O) groups is 2. The van der Waals surface area contributed by atoms with Crippen molar-refractivity contribution in [2.45, 2.75) is 64.1 Å². The third-order valence-corrected chi connectivity index (χ3v) is 8.33. The standard InChI is InChI=1S/C30H36FN3O4S/c1-5-23(4)32-30(36)27(6-2)33(20-24-14-12-13-22(3)19-24)29(35)21-34(28-18-11-10-17-26(28)31)39(37,38)25-15-8-7-9-16-25/h7-19,23,27H,5-6,20-21H2,1-4H3,(H,32,36)/t23-,27-/m0/s1. The summed E-state index contributed by atoms with van der Waals surface area (Å²) in [7, 11) is -4.32. The molecule has 0 fully saturated rings. The summed E-state index contributed by atoms with van der Waals surface area (Å²) in [5.41, 5.74) is 1.53. The zero-order valence-electron chi connectivity index (χ0n) is 22.8. The Morgan fingerprint density at radius 1 is 0.923 bits per heavy atom. The molecule has 3 rings (SSSR count). The van der Waals surface area contributed by atoms with Crippen molar-refractivity contribution in [1.82, 2.24) is 10.2 Å². The van der Waals surface area contributed by atoms with E-state index < -0.39 is 34.3 Å². The highest BCUT2D eigenvalue weighted by Gasteiger charge is 2.34. The van der Waals surface area contributed by atoms with Crippen molar-refractivity contribution in [1.29, 1.82) is 0 Å². The van der Waals surface area contributed by atoms with Crippen LogP contribution in [0.25, 0.3) is 0 Å². The third-order valence-electron chi connectivity index (χ3n) is 6.55. The van der Waals surface area contributed by atoms with Crippen LogP contribution in [0.5, 0.6) is 0 Å². The number of anilines is 1. The molecule has 9 heteroatoms. The number of hydrogen-bond acceptors (Lipinski definition) is 4. The van der Waals surface area contributed by atoms with E-state index in [1.165, 1.54) is 35.2 Å². The first-order valence-corrected chi connectivity index (χ1v) is 14.5. The van der Waals surface area contributed by atoms with Crippen LogP contribution in [0.2, 0.25) is 0 Å². The lowest BCUT2D eigenvalue weighted by atomic mass is 10.1. The van der Waals surface area contributed by atoms with Gasteiger partial charge in [-0.25, -0.2) is 12.8 Å². The molecule has 208 valence electrons. The molecule has 0 aliphatic rings. The zero-order chi connectivity index (χ0) is 28.6. The minimum Gasteiger partial charge on any atom is -0.352 e. The van der Waals surface area contributed by atoms with Crippen LogP contribution in [0.3, 0.4) is 0 Å². The number of aryl methyl sites for hydroxylation is 1. The Labute approximate surface area is 230 Å². The van der Waals surface area contributed by atoms with E-state index in [1.54, 1.807) is 25.1 Å². The number of benzene rings is 3. The Balaban J connectivity index is 2.06. The maximum atomic E-state index is 15.0. The molecule has 0 saturated carbocycles. The van der Waals surface area contributed by atoms with Gasteiger partial charge in [0.15, 0.2) is 0 Å². The molecule has 7 nitrogen and oxygen atoms in total. The number of carbonyl (C=O) groups excluding carboxylic acids is 2. The number of halogens is 1. The van der Waals surface area contributed by atoms with Crippen molar-refractivity contribution in [3.8, 4) is 0 Å². The molecule has 39 heavy (non-hydrogen) atoms. The molecule has 1 N–H and O–H groups in total. The number of nitrogens with one attached hydrogen (secondary N) is 1. The Kier molecular flexibility index (Phi) is 10.2. The molecule has 0 heterocycles. The van der Waals surface area contributed by atoms with Crippen LogP contribution < -0.4 is 9.62 Å². The van der Waals surface area contributed by atoms with Gasteiger partial charge in [0.25, 0.3) is 10.0 Å². The summed E-state index contributed by atoms with van der Waals surface area (Å²) in [4.78, 5) is 28.6. The second-order valence-corrected chi connectivity index (χ2v) is 11.4. The van der Waals surface area contributed by atoms with Crippen LogP contribution in [-0.4, -0.2) is 43.8 Å². The van der Waals surface area contributed by atoms with Gasteiger partial charge in [-0.2, -0.15) is 0 Å². The van der Waals surface area contributed by atoms with E-state index in [0.29, 0.717) is 12.8 Å². The van der Waals surface area contributed by atoms with Crippen LogP contribution in [0.1, 0.15) is 44.7 Å². The van der Waals surface area contributed by atoms with Crippen LogP contribution in [0.4, 0.5) is 10.1 Å². The number of nitrogens with zero attached hydrogens (tertiary/aromatic N) is 2. The summed E-state index contributed by atoms with van der Waals surface area (Å²) in [6.45, 7) is 6.95. The van der Waals surface area contributed by atoms with Gasteiger partial charge in [-0.05, 0) is 56.5 Å². The van der Waals surface area contributed by atoms with Crippen LogP contribution in [0.15, 0.2) is 83.8 Å². The summed E-state index contributed by atoms with van der Waals surface area (Å²) in [5, 5.41) is 2.94. The molecular weight excluding hydrogens is 517 g/mol. The van der Waals surface area contributed by atoms with Gasteiger partial charge >= 0.3 is 0 Å². The molecule has 3 aromatic rings. The highest BCUT2D eigenvalue weighted by Crippen LogP contribution is 2.27. The third kappa shape index (κ3) is 7.44. The predicted molar refractivity (Wildman–Crippen MR) is 151 cm³/mol. The minimum absolute atomic E-state index is 0.0761. The van der Waals surface area contributed by atoms with Crippen molar-refractivity contribution in [3.05, 3.63) is 95.8 Å². The van der Waals surface area contributed by atoms with E-state index in [9.17, 15) is 22.4 Å². The SMILES string of the molecule is CC[C@H](C)NC(=O)[C@H](CC)N(Cc1cccc(C)c1)C(=O)CN(c1ccccc1F)S(=O)(=O)c1ccccc1. The summed E-state index contributed by atoms with van der Waals surface area (Å²) >= 11 is 0. The van der Waals surface area contributed by atoms with Crippen LogP contribution in [0, 0.1) is 12.7 Å². The monoisotopic (exact) mass is 553 g/mol. The van der Waals surface area contributed by atoms with Crippen molar-refractivity contribution in [2.75, 3.05) is 10.8 Å². The molecule has 0 saturated heterocycles. The topological polar surface area (TPSA) is 86.8 Å². The molecule has 3 aromatic carbocycles. The largest absolute Gasteiger partial charge is 0.352 e. The first kappa shape index (κ1) is 29.8. The minimum atomic E-state index is -4.32. The van der Waals surface area contributed by atoms with Crippen LogP contribution >= 0.6 is 0 Å². The molecule has 0 spiro atoms. The molecule has 0 bridgehead atoms. The number of para-hydroxylation sites is 1. The van der Waals surface area contributed by atoms with E-state index in [0.717, 1.165) is 21.5 Å². The van der Waals surface area contributed by atoms with Gasteiger partial charge < -0.3 is 10.2 Å². The molecule has 0 aromatic heterocycles. The molecule has 2 atom stereocenters. The predicted octanol–water partition coefficient (Wildman–Crippen LogP) is 5.05. The summed E-state index contributed by atoms with van der Waals surface area (Å²) in [6.07, 6.45) is 1.02. The molecule has 0 unspecified atom stereocenters. The first-order valence-electron chi connectivity index (χ1n) is 13.1. The van der Waals surface area contributed by atoms with Gasteiger partial charge in [0.1, 0.15) is 18.4 Å². The second-order valence-electron chi connectivity index (χ2n) is 9.53. The lowest BCUT2D eigenvalue weighted by Crippen LogP contribution is -2.53. The smallest absolute Gasteiger partial charge is 0.264 e. The normalized spacial score (nSPS) is 12.8. The average Bonchev–Trinajstić information content (AvgIpc) is 2.92. The zero-order valence-corrected chi connectivity index (χ0v) is 23.6. The number of hydrogen-bond donors (Lipinski definition) is 1. The number of rotatable bonds is 12. The number of sulfonamides is 1. The van der Waals surface area contributed by atoms with Crippen molar-refractivity contribution >= 4 is 27.5 Å². The van der Waals surface area contributed by atoms with E-state index in [1.807, 2.05) is 45.0 Å². The molecular formula is C30H36FN3O4S. The Morgan fingerprint density at radius 2 is 1.59 bits per heavy atom. The molecule has 0 aliphatic carbocycles. The summed E-state index contributed by atoms with van der Waals surface area (Å²) in [6, 6.07) is 19.6. The Morgan fingerprint density at radius 3 is 2.21 bits per heavy atom. The van der Waals surface area contributed by atoms with E-state index in [4.69, 9.17) is 0 Å². The fourth-order valence-corrected chi connectivity index (χ4v) is 5.70. The van der Waals surface area contributed by atoms with E-state index in [2.05, 4.69) is 5.32 Å². The fourth-order valence-electron chi connectivity index (χ4n) is 4.25. The van der Waals surface area contributed by atoms with Crippen molar-refractivity contribution < 1.29 is 22.4 Å². The van der Waals surface area contributed by atoms with Crippen LogP contribution in [-0.2, 0) is 26.2 Å². The quantitative estimate of drug-likeness (QED) is 0.340. The van der Waals surface area contributed by atoms with Gasteiger partial charge in [0, 0.05) is 12.6 Å². The van der Waals surface area contributed by atoms with Gasteiger partial charge in [-0.3, -0.25) is 13.9 Å².